The lowest BCUT2D eigenvalue weighted by molar-refractivity contribution is 0.102. The Morgan fingerprint density at radius 1 is 1.20 bits per heavy atom. The number of pyridine rings is 1. The Bertz CT molecular complexity index is 1180. The third-order valence-corrected chi connectivity index (χ3v) is 6.96. The number of ether oxygens (including phenoxy) is 1. The second-order valence-electron chi connectivity index (χ2n) is 9.59. The molecule has 0 spiro atoms. The van der Waals surface area contributed by atoms with Crippen LogP contribution in [0.5, 0.6) is 11.6 Å². The number of benzene rings is 1. The van der Waals surface area contributed by atoms with Crippen LogP contribution < -0.4 is 9.64 Å². The smallest absolute Gasteiger partial charge is 0.216 e. The zero-order chi connectivity index (χ0) is 25.2. The minimum Gasteiger partial charge on any atom is -0.507 e. The molecule has 0 amide bonds. The standard InChI is InChI=1S/C26H31F2N5O2/c1-5-9-26(2)10-8-19(27)20(14-26)33(3)23-15-29-25(32-31-23)18-7-6-16(11-21(18)34)17-12-22(28)30-24(13-17)35-4/h6-7,11-13,15,19-20,34H,5,8-10,14H2,1-4H3/t19-,20+,26+/m0/s1. The van der Waals surface area contributed by atoms with Crippen molar-refractivity contribution in [2.24, 2.45) is 5.41 Å². The third-order valence-electron chi connectivity index (χ3n) is 6.96. The molecule has 1 fully saturated rings. The van der Waals surface area contributed by atoms with Crippen LogP contribution in [0.15, 0.2) is 36.5 Å². The maximum atomic E-state index is 14.8. The molecule has 9 heteroatoms. The first kappa shape index (κ1) is 24.8. The van der Waals surface area contributed by atoms with Crippen LogP contribution in [0.4, 0.5) is 14.6 Å². The molecule has 186 valence electrons. The molecule has 3 atom stereocenters. The molecule has 1 aromatic carbocycles. The van der Waals surface area contributed by atoms with Gasteiger partial charge < -0.3 is 14.7 Å². The van der Waals surface area contributed by atoms with Crippen molar-refractivity contribution in [1.29, 1.82) is 0 Å². The van der Waals surface area contributed by atoms with Gasteiger partial charge in [-0.15, -0.1) is 10.2 Å². The molecule has 7 nitrogen and oxygen atoms in total. The van der Waals surface area contributed by atoms with Gasteiger partial charge in [-0.1, -0.05) is 26.3 Å². The van der Waals surface area contributed by atoms with Gasteiger partial charge in [-0.05, 0) is 54.4 Å². The second-order valence-corrected chi connectivity index (χ2v) is 9.59. The summed E-state index contributed by atoms with van der Waals surface area (Å²) in [5.74, 6) is 0.101. The maximum Gasteiger partial charge on any atom is 0.216 e. The Hall–Kier alpha value is -3.36. The molecule has 2 heterocycles. The van der Waals surface area contributed by atoms with Crippen molar-refractivity contribution in [3.63, 3.8) is 0 Å². The largest absolute Gasteiger partial charge is 0.507 e. The predicted molar refractivity (Wildman–Crippen MR) is 131 cm³/mol. The molecule has 3 aromatic rings. The lowest BCUT2D eigenvalue weighted by Crippen LogP contribution is -2.47. The average Bonchev–Trinajstić information content (AvgIpc) is 2.85. The minimum atomic E-state index is -0.931. The SMILES string of the molecule is CCC[C@]1(C)CC[C@H](F)[C@H](N(C)c2cnc(-c3ccc(-c4cc(F)nc(OC)c4)cc3O)nn2)C1. The van der Waals surface area contributed by atoms with Gasteiger partial charge in [0, 0.05) is 19.2 Å². The van der Waals surface area contributed by atoms with Gasteiger partial charge in [-0.25, -0.2) is 9.37 Å². The van der Waals surface area contributed by atoms with E-state index < -0.39 is 12.1 Å². The van der Waals surface area contributed by atoms with Crippen molar-refractivity contribution in [2.75, 3.05) is 19.1 Å². The van der Waals surface area contributed by atoms with Crippen LogP contribution in [-0.2, 0) is 0 Å². The molecule has 1 aliphatic carbocycles. The van der Waals surface area contributed by atoms with Crippen molar-refractivity contribution >= 4 is 5.82 Å². The van der Waals surface area contributed by atoms with Crippen molar-refractivity contribution in [2.45, 2.75) is 58.2 Å². The number of alkyl halides is 1. The number of anilines is 1. The molecule has 1 N–H and O–H groups in total. The van der Waals surface area contributed by atoms with E-state index in [4.69, 9.17) is 4.74 Å². The molecular formula is C26H31F2N5O2. The summed E-state index contributed by atoms with van der Waals surface area (Å²) in [5.41, 5.74) is 1.59. The van der Waals surface area contributed by atoms with E-state index in [9.17, 15) is 13.9 Å². The highest BCUT2D eigenvalue weighted by Gasteiger charge is 2.39. The predicted octanol–water partition coefficient (Wildman–Crippen LogP) is 5.59. The molecule has 1 aliphatic rings. The molecule has 35 heavy (non-hydrogen) atoms. The number of nitrogens with zero attached hydrogens (tertiary/aromatic N) is 5. The zero-order valence-electron chi connectivity index (χ0n) is 20.5. The van der Waals surface area contributed by atoms with E-state index in [-0.39, 0.29) is 28.9 Å². The second kappa shape index (κ2) is 10.1. The number of hydrogen-bond acceptors (Lipinski definition) is 7. The van der Waals surface area contributed by atoms with Gasteiger partial charge in [0.2, 0.25) is 11.8 Å². The Balaban J connectivity index is 1.54. The maximum absolute atomic E-state index is 14.8. The highest BCUT2D eigenvalue weighted by Crippen LogP contribution is 2.43. The van der Waals surface area contributed by atoms with Gasteiger partial charge in [0.1, 0.15) is 11.9 Å². The fourth-order valence-corrected chi connectivity index (χ4v) is 4.99. The molecule has 0 radical (unpaired) electrons. The summed E-state index contributed by atoms with van der Waals surface area (Å²) < 4.78 is 33.6. The summed E-state index contributed by atoms with van der Waals surface area (Å²) in [7, 11) is 3.23. The molecule has 2 aromatic heterocycles. The van der Waals surface area contributed by atoms with Crippen molar-refractivity contribution in [1.82, 2.24) is 20.2 Å². The molecule has 0 bridgehead atoms. The summed E-state index contributed by atoms with van der Waals surface area (Å²) in [4.78, 5) is 9.84. The zero-order valence-corrected chi connectivity index (χ0v) is 20.5. The first-order valence-corrected chi connectivity index (χ1v) is 11.8. The lowest BCUT2D eigenvalue weighted by Gasteiger charge is -2.43. The van der Waals surface area contributed by atoms with Gasteiger partial charge in [0.25, 0.3) is 0 Å². The summed E-state index contributed by atoms with van der Waals surface area (Å²) in [6.07, 6.45) is 4.95. The highest BCUT2D eigenvalue weighted by atomic mass is 19.1. The fraction of sp³-hybridized carbons (Fsp3) is 0.462. The number of halogens is 2. The molecular weight excluding hydrogens is 452 g/mol. The first-order valence-electron chi connectivity index (χ1n) is 11.8. The average molecular weight is 484 g/mol. The number of aromatic hydroxyl groups is 1. The van der Waals surface area contributed by atoms with Crippen LogP contribution in [0.2, 0.25) is 0 Å². The molecule has 4 rings (SSSR count). The van der Waals surface area contributed by atoms with E-state index >= 15 is 0 Å². The van der Waals surface area contributed by atoms with E-state index in [1.165, 1.54) is 19.2 Å². The summed E-state index contributed by atoms with van der Waals surface area (Å²) in [6, 6.07) is 7.41. The monoisotopic (exact) mass is 483 g/mol. The summed E-state index contributed by atoms with van der Waals surface area (Å²) in [5, 5.41) is 19.1. The van der Waals surface area contributed by atoms with Crippen LogP contribution in [0.25, 0.3) is 22.5 Å². The van der Waals surface area contributed by atoms with Crippen molar-refractivity contribution in [3.8, 4) is 34.1 Å². The number of rotatable bonds is 7. The van der Waals surface area contributed by atoms with Gasteiger partial charge in [0.05, 0.1) is 24.9 Å². The molecule has 0 unspecified atom stereocenters. The Morgan fingerprint density at radius 2 is 2.00 bits per heavy atom. The van der Waals surface area contributed by atoms with Gasteiger partial charge in [0.15, 0.2) is 11.6 Å². The van der Waals surface area contributed by atoms with Gasteiger partial charge in [-0.3, -0.25) is 0 Å². The third kappa shape index (κ3) is 5.33. The molecule has 0 aliphatic heterocycles. The summed E-state index contributed by atoms with van der Waals surface area (Å²) in [6.45, 7) is 4.40. The van der Waals surface area contributed by atoms with E-state index in [0.717, 1.165) is 25.7 Å². The van der Waals surface area contributed by atoms with Crippen LogP contribution in [0.3, 0.4) is 0 Å². The van der Waals surface area contributed by atoms with Crippen LogP contribution in [0.1, 0.15) is 46.0 Å². The number of methoxy groups -OCH3 is 1. The Kier molecular flexibility index (Phi) is 7.14. The molecule has 0 saturated heterocycles. The van der Waals surface area contributed by atoms with Crippen molar-refractivity contribution in [3.05, 3.63) is 42.5 Å². The van der Waals surface area contributed by atoms with Crippen LogP contribution >= 0.6 is 0 Å². The topological polar surface area (TPSA) is 84.3 Å². The minimum absolute atomic E-state index is 0.0759. The van der Waals surface area contributed by atoms with Gasteiger partial charge in [-0.2, -0.15) is 9.37 Å². The van der Waals surface area contributed by atoms with Gasteiger partial charge >= 0.3 is 0 Å². The first-order chi connectivity index (χ1) is 16.7. The van der Waals surface area contributed by atoms with E-state index in [0.29, 0.717) is 28.9 Å². The Morgan fingerprint density at radius 3 is 2.66 bits per heavy atom. The van der Waals surface area contributed by atoms with E-state index in [2.05, 4.69) is 34.0 Å². The number of phenolic OH excluding ortho intramolecular Hbond substituents is 1. The number of phenols is 1. The van der Waals surface area contributed by atoms with Crippen LogP contribution in [-0.4, -0.2) is 51.6 Å². The normalized spacial score (nSPS) is 22.1. The van der Waals surface area contributed by atoms with E-state index in [1.54, 1.807) is 24.4 Å². The fourth-order valence-electron chi connectivity index (χ4n) is 4.99. The number of aromatic nitrogens is 4. The lowest BCUT2D eigenvalue weighted by atomic mass is 9.70. The summed E-state index contributed by atoms with van der Waals surface area (Å²) >= 11 is 0. The quantitative estimate of drug-likeness (QED) is 0.439. The molecule has 1 saturated carbocycles. The van der Waals surface area contributed by atoms with Crippen molar-refractivity contribution < 1.29 is 18.6 Å². The highest BCUT2D eigenvalue weighted by molar-refractivity contribution is 5.73. The number of hydrogen-bond donors (Lipinski definition) is 1. The van der Waals surface area contributed by atoms with E-state index in [1.807, 2.05) is 11.9 Å². The Labute approximate surface area is 204 Å². The van der Waals surface area contributed by atoms with Crippen LogP contribution in [0, 0.1) is 11.4 Å².